The largest absolute Gasteiger partial charge is 0.298 e. The smallest absolute Gasteiger partial charge is 0.0189 e. The number of hydrogen-bond donors (Lipinski definition) is 0. The van der Waals surface area contributed by atoms with E-state index in [9.17, 15) is 0 Å². The standard InChI is InChI=1S/C15H29N/c1-5-13-10-14(2,3)12-15(4,11-13)16-8-6-7-9-16/h13H,5-12H2,1-4H3/t13?,15-/m0/s1. The molecule has 0 amide bonds. The number of likely N-dealkylation sites (tertiary alicyclic amines) is 1. The van der Waals surface area contributed by atoms with Crippen LogP contribution in [0.4, 0.5) is 0 Å². The Bertz CT molecular complexity index is 240. The van der Waals surface area contributed by atoms with Gasteiger partial charge in [-0.15, -0.1) is 0 Å². The molecule has 0 radical (unpaired) electrons. The molecular formula is C15H29N. The van der Waals surface area contributed by atoms with E-state index in [0.717, 1.165) is 5.92 Å². The second-order valence-corrected chi connectivity index (χ2v) is 7.21. The Balaban J connectivity index is 2.12. The third kappa shape index (κ3) is 2.45. The van der Waals surface area contributed by atoms with Gasteiger partial charge in [0.15, 0.2) is 0 Å². The van der Waals surface area contributed by atoms with E-state index in [4.69, 9.17) is 0 Å². The summed E-state index contributed by atoms with van der Waals surface area (Å²) in [5, 5.41) is 0. The van der Waals surface area contributed by atoms with Crippen molar-refractivity contribution in [2.45, 2.75) is 71.8 Å². The molecule has 0 bridgehead atoms. The summed E-state index contributed by atoms with van der Waals surface area (Å²) in [6, 6.07) is 0. The van der Waals surface area contributed by atoms with Gasteiger partial charge in [-0.25, -0.2) is 0 Å². The first-order valence-corrected chi connectivity index (χ1v) is 7.20. The second kappa shape index (κ2) is 4.33. The average molecular weight is 223 g/mol. The van der Waals surface area contributed by atoms with Gasteiger partial charge in [-0.1, -0.05) is 27.2 Å². The zero-order valence-corrected chi connectivity index (χ0v) is 11.7. The fraction of sp³-hybridized carbons (Fsp3) is 1.00. The predicted molar refractivity (Wildman–Crippen MR) is 70.6 cm³/mol. The molecule has 1 saturated heterocycles. The number of nitrogens with zero attached hydrogens (tertiary/aromatic N) is 1. The maximum atomic E-state index is 2.79. The molecule has 0 aromatic rings. The van der Waals surface area contributed by atoms with Gasteiger partial charge in [0.1, 0.15) is 0 Å². The van der Waals surface area contributed by atoms with Gasteiger partial charge in [0.2, 0.25) is 0 Å². The molecule has 0 aromatic heterocycles. The van der Waals surface area contributed by atoms with Crippen LogP contribution in [0.1, 0.15) is 66.2 Å². The zero-order valence-electron chi connectivity index (χ0n) is 11.7. The first-order chi connectivity index (χ1) is 7.45. The van der Waals surface area contributed by atoms with Gasteiger partial charge >= 0.3 is 0 Å². The van der Waals surface area contributed by atoms with Crippen molar-refractivity contribution in [1.29, 1.82) is 0 Å². The Labute approximate surface area is 102 Å². The quantitative estimate of drug-likeness (QED) is 0.682. The van der Waals surface area contributed by atoms with Crippen LogP contribution in [0.3, 0.4) is 0 Å². The summed E-state index contributed by atoms with van der Waals surface area (Å²) >= 11 is 0. The summed E-state index contributed by atoms with van der Waals surface area (Å²) in [6.07, 6.45) is 8.49. The number of rotatable bonds is 2. The lowest BCUT2D eigenvalue weighted by atomic mass is 9.63. The minimum atomic E-state index is 0.499. The first-order valence-electron chi connectivity index (χ1n) is 7.20. The van der Waals surface area contributed by atoms with Crippen molar-refractivity contribution >= 4 is 0 Å². The van der Waals surface area contributed by atoms with Gasteiger partial charge in [0, 0.05) is 5.54 Å². The van der Waals surface area contributed by atoms with Crippen LogP contribution in [0.15, 0.2) is 0 Å². The molecule has 2 fully saturated rings. The normalized spacial score (nSPS) is 40.1. The van der Waals surface area contributed by atoms with Crippen molar-refractivity contribution < 1.29 is 0 Å². The van der Waals surface area contributed by atoms with Gasteiger partial charge in [-0.05, 0) is 63.5 Å². The van der Waals surface area contributed by atoms with E-state index in [1.54, 1.807) is 0 Å². The van der Waals surface area contributed by atoms with Gasteiger partial charge in [0.05, 0.1) is 0 Å². The van der Waals surface area contributed by atoms with E-state index in [1.807, 2.05) is 0 Å². The van der Waals surface area contributed by atoms with Crippen LogP contribution in [-0.2, 0) is 0 Å². The highest BCUT2D eigenvalue weighted by atomic mass is 15.2. The summed E-state index contributed by atoms with van der Waals surface area (Å²) in [6.45, 7) is 12.6. The van der Waals surface area contributed by atoms with E-state index in [2.05, 4.69) is 32.6 Å². The van der Waals surface area contributed by atoms with Crippen LogP contribution >= 0.6 is 0 Å². The minimum Gasteiger partial charge on any atom is -0.298 e. The summed E-state index contributed by atoms with van der Waals surface area (Å²) in [4.78, 5) is 2.79. The molecule has 1 aliphatic heterocycles. The Morgan fingerprint density at radius 2 is 1.69 bits per heavy atom. The van der Waals surface area contributed by atoms with Crippen LogP contribution in [0.2, 0.25) is 0 Å². The molecule has 94 valence electrons. The van der Waals surface area contributed by atoms with Crippen LogP contribution < -0.4 is 0 Å². The molecule has 1 heterocycles. The molecule has 2 atom stereocenters. The SMILES string of the molecule is CCC1CC(C)(C)C[C@@](C)(N2CCCC2)C1. The molecule has 0 aromatic carbocycles. The van der Waals surface area contributed by atoms with Crippen molar-refractivity contribution in [3.05, 3.63) is 0 Å². The highest BCUT2D eigenvalue weighted by Gasteiger charge is 2.44. The van der Waals surface area contributed by atoms with Gasteiger partial charge < -0.3 is 0 Å². The highest BCUT2D eigenvalue weighted by molar-refractivity contribution is 4.99. The Kier molecular flexibility index (Phi) is 3.36. The summed E-state index contributed by atoms with van der Waals surface area (Å²) in [7, 11) is 0. The minimum absolute atomic E-state index is 0.499. The maximum Gasteiger partial charge on any atom is 0.0189 e. The van der Waals surface area contributed by atoms with Gasteiger partial charge in [-0.2, -0.15) is 0 Å². The highest BCUT2D eigenvalue weighted by Crippen LogP contribution is 2.48. The fourth-order valence-electron chi connectivity index (χ4n) is 4.44. The number of hydrogen-bond acceptors (Lipinski definition) is 1. The molecule has 2 rings (SSSR count). The van der Waals surface area contributed by atoms with Gasteiger partial charge in [0.25, 0.3) is 0 Å². The van der Waals surface area contributed by atoms with Crippen molar-refractivity contribution in [2.75, 3.05) is 13.1 Å². The van der Waals surface area contributed by atoms with E-state index < -0.39 is 0 Å². The first kappa shape index (κ1) is 12.4. The molecule has 1 heteroatoms. The molecule has 1 unspecified atom stereocenters. The van der Waals surface area contributed by atoms with Crippen LogP contribution in [0, 0.1) is 11.3 Å². The lowest BCUT2D eigenvalue weighted by molar-refractivity contribution is 0.00335. The predicted octanol–water partition coefficient (Wildman–Crippen LogP) is 4.08. The summed E-state index contributed by atoms with van der Waals surface area (Å²) in [5.41, 5.74) is 1.05. The second-order valence-electron chi connectivity index (χ2n) is 7.21. The Morgan fingerprint density at radius 1 is 1.06 bits per heavy atom. The fourth-order valence-corrected chi connectivity index (χ4v) is 4.44. The van der Waals surface area contributed by atoms with Crippen molar-refractivity contribution in [3.63, 3.8) is 0 Å². The van der Waals surface area contributed by atoms with Gasteiger partial charge in [-0.3, -0.25) is 4.90 Å². The summed E-state index contributed by atoms with van der Waals surface area (Å²) < 4.78 is 0. The summed E-state index contributed by atoms with van der Waals surface area (Å²) in [5.74, 6) is 0.953. The third-order valence-electron chi connectivity index (χ3n) is 4.88. The van der Waals surface area contributed by atoms with E-state index in [-0.39, 0.29) is 0 Å². The zero-order chi connectivity index (χ0) is 11.8. The van der Waals surface area contributed by atoms with Crippen LogP contribution in [-0.4, -0.2) is 23.5 Å². The lowest BCUT2D eigenvalue weighted by Crippen LogP contribution is -2.52. The molecule has 1 saturated carbocycles. The molecule has 0 N–H and O–H groups in total. The van der Waals surface area contributed by atoms with E-state index >= 15 is 0 Å². The van der Waals surface area contributed by atoms with Crippen molar-refractivity contribution in [3.8, 4) is 0 Å². The molecule has 16 heavy (non-hydrogen) atoms. The molecule has 2 aliphatic rings. The maximum absolute atomic E-state index is 2.79. The average Bonchev–Trinajstić information content (AvgIpc) is 2.67. The van der Waals surface area contributed by atoms with Crippen LogP contribution in [0.25, 0.3) is 0 Å². The van der Waals surface area contributed by atoms with E-state index in [1.165, 1.54) is 51.6 Å². The van der Waals surface area contributed by atoms with Crippen LogP contribution in [0.5, 0.6) is 0 Å². The molecular weight excluding hydrogens is 194 g/mol. The monoisotopic (exact) mass is 223 g/mol. The van der Waals surface area contributed by atoms with E-state index in [0.29, 0.717) is 11.0 Å². The Morgan fingerprint density at radius 3 is 2.25 bits per heavy atom. The van der Waals surface area contributed by atoms with Crippen molar-refractivity contribution in [1.82, 2.24) is 4.90 Å². The molecule has 1 aliphatic carbocycles. The molecule has 1 nitrogen and oxygen atoms in total. The third-order valence-corrected chi connectivity index (χ3v) is 4.88. The Hall–Kier alpha value is -0.0400. The molecule has 0 spiro atoms. The lowest BCUT2D eigenvalue weighted by Gasteiger charge is -2.51. The van der Waals surface area contributed by atoms with Crippen molar-refractivity contribution in [2.24, 2.45) is 11.3 Å². The topological polar surface area (TPSA) is 3.24 Å².